The van der Waals surface area contributed by atoms with Crippen LogP contribution in [0.25, 0.3) is 11.0 Å². The van der Waals surface area contributed by atoms with Crippen molar-refractivity contribution < 1.29 is 4.79 Å². The molecule has 0 radical (unpaired) electrons. The third-order valence-electron chi connectivity index (χ3n) is 3.47. The molecule has 0 aliphatic heterocycles. The average molecular weight is 281 g/mol. The van der Waals surface area contributed by atoms with Gasteiger partial charge in [-0.15, -0.1) is 0 Å². The normalized spacial score (nSPS) is 10.7. The maximum absolute atomic E-state index is 12.0. The number of aromatic amines is 1. The topological polar surface area (TPSA) is 66.9 Å². The number of aromatic nitrogens is 2. The largest absolute Gasteiger partial charge is 0.355 e. The van der Waals surface area contributed by atoms with Crippen molar-refractivity contribution in [2.75, 3.05) is 7.05 Å². The summed E-state index contributed by atoms with van der Waals surface area (Å²) in [5.74, 6) is -0.120. The molecule has 0 spiro atoms. The van der Waals surface area contributed by atoms with Crippen LogP contribution >= 0.6 is 0 Å². The zero-order valence-electron chi connectivity index (χ0n) is 11.6. The van der Waals surface area contributed by atoms with Crippen LogP contribution < -0.4 is 11.0 Å². The number of nitrogens with zero attached hydrogens (tertiary/aromatic N) is 1. The highest BCUT2D eigenvalue weighted by atomic mass is 16.2. The van der Waals surface area contributed by atoms with E-state index in [9.17, 15) is 9.59 Å². The van der Waals surface area contributed by atoms with Crippen LogP contribution in [0.3, 0.4) is 0 Å². The van der Waals surface area contributed by atoms with Crippen molar-refractivity contribution in [1.29, 1.82) is 0 Å². The number of benzene rings is 2. The molecule has 0 aliphatic carbocycles. The summed E-state index contributed by atoms with van der Waals surface area (Å²) in [6.45, 7) is 0.469. The first-order valence-electron chi connectivity index (χ1n) is 6.67. The second-order valence-electron chi connectivity index (χ2n) is 4.81. The summed E-state index contributed by atoms with van der Waals surface area (Å²) in [5, 5.41) is 2.58. The molecule has 0 bridgehead atoms. The van der Waals surface area contributed by atoms with Gasteiger partial charge in [0, 0.05) is 12.6 Å². The van der Waals surface area contributed by atoms with Crippen molar-refractivity contribution in [3.63, 3.8) is 0 Å². The monoisotopic (exact) mass is 281 g/mol. The van der Waals surface area contributed by atoms with Gasteiger partial charge in [-0.3, -0.25) is 9.36 Å². The number of nitrogens with one attached hydrogen (secondary N) is 2. The van der Waals surface area contributed by atoms with Crippen molar-refractivity contribution in [2.24, 2.45) is 0 Å². The third kappa shape index (κ3) is 2.45. The fourth-order valence-corrected chi connectivity index (χ4v) is 2.35. The van der Waals surface area contributed by atoms with Gasteiger partial charge in [-0.05, 0) is 29.8 Å². The van der Waals surface area contributed by atoms with Gasteiger partial charge >= 0.3 is 5.69 Å². The first-order chi connectivity index (χ1) is 10.2. The van der Waals surface area contributed by atoms with Gasteiger partial charge in [-0.25, -0.2) is 4.79 Å². The molecule has 3 rings (SSSR count). The smallest absolute Gasteiger partial charge is 0.326 e. The Morgan fingerprint density at radius 3 is 2.57 bits per heavy atom. The van der Waals surface area contributed by atoms with Gasteiger partial charge in [0.2, 0.25) is 0 Å². The van der Waals surface area contributed by atoms with Gasteiger partial charge in [0.05, 0.1) is 17.6 Å². The van der Waals surface area contributed by atoms with Gasteiger partial charge < -0.3 is 10.3 Å². The number of hydrogen-bond donors (Lipinski definition) is 2. The minimum Gasteiger partial charge on any atom is -0.355 e. The van der Waals surface area contributed by atoms with Gasteiger partial charge in [0.1, 0.15) is 0 Å². The van der Waals surface area contributed by atoms with Crippen LogP contribution in [-0.2, 0) is 6.54 Å². The summed E-state index contributed by atoms with van der Waals surface area (Å²) in [7, 11) is 1.60. The van der Waals surface area contributed by atoms with E-state index >= 15 is 0 Å². The molecular formula is C16H15N3O2. The molecule has 0 aliphatic rings. The number of rotatable bonds is 3. The predicted molar refractivity (Wildman–Crippen MR) is 81.5 cm³/mol. The van der Waals surface area contributed by atoms with E-state index in [0.717, 1.165) is 16.6 Å². The van der Waals surface area contributed by atoms with Crippen LogP contribution in [0.5, 0.6) is 0 Å². The second-order valence-corrected chi connectivity index (χ2v) is 4.81. The van der Waals surface area contributed by atoms with E-state index in [-0.39, 0.29) is 11.6 Å². The molecule has 2 aromatic carbocycles. The van der Waals surface area contributed by atoms with E-state index in [1.54, 1.807) is 23.7 Å². The van der Waals surface area contributed by atoms with Gasteiger partial charge in [0.15, 0.2) is 0 Å². The highest BCUT2D eigenvalue weighted by molar-refractivity contribution is 5.93. The standard InChI is InChI=1S/C16H15N3O2/c1-17-15(20)12-8-6-11(7-9-12)10-19-14-5-3-2-4-13(14)18-16(19)21/h2-9H,10H2,1H3,(H,17,20)(H,18,21). The molecule has 2 N–H and O–H groups in total. The molecule has 3 aromatic rings. The lowest BCUT2D eigenvalue weighted by atomic mass is 10.1. The Labute approximate surface area is 121 Å². The van der Waals surface area contributed by atoms with Gasteiger partial charge in [-0.2, -0.15) is 0 Å². The number of imidazole rings is 1. The van der Waals surface area contributed by atoms with E-state index in [1.807, 2.05) is 36.4 Å². The molecule has 106 valence electrons. The molecule has 21 heavy (non-hydrogen) atoms. The summed E-state index contributed by atoms with van der Waals surface area (Å²) < 4.78 is 1.68. The van der Waals surface area contributed by atoms with Crippen molar-refractivity contribution in [3.05, 3.63) is 70.1 Å². The van der Waals surface area contributed by atoms with Crippen LogP contribution in [0.2, 0.25) is 0 Å². The Balaban J connectivity index is 1.94. The summed E-state index contributed by atoms with van der Waals surface area (Å²) in [4.78, 5) is 26.3. The number of H-pyrrole nitrogens is 1. The van der Waals surface area contributed by atoms with E-state index in [2.05, 4.69) is 10.3 Å². The summed E-state index contributed by atoms with van der Waals surface area (Å²) >= 11 is 0. The molecule has 0 unspecified atom stereocenters. The molecule has 0 atom stereocenters. The Bertz CT molecular complexity index is 844. The van der Waals surface area contributed by atoms with Crippen LogP contribution in [0, 0.1) is 0 Å². The minimum atomic E-state index is -0.133. The molecule has 1 aromatic heterocycles. The summed E-state index contributed by atoms with van der Waals surface area (Å²) in [6, 6.07) is 14.8. The number of fused-ring (bicyclic) bond motifs is 1. The Hall–Kier alpha value is -2.82. The highest BCUT2D eigenvalue weighted by Crippen LogP contribution is 2.12. The lowest BCUT2D eigenvalue weighted by Crippen LogP contribution is -2.18. The second kappa shape index (κ2) is 5.28. The fraction of sp³-hybridized carbons (Fsp3) is 0.125. The number of carbonyl (C=O) groups excluding carboxylic acids is 1. The Kier molecular flexibility index (Phi) is 3.31. The van der Waals surface area contributed by atoms with E-state index < -0.39 is 0 Å². The zero-order chi connectivity index (χ0) is 14.8. The summed E-state index contributed by atoms with van der Waals surface area (Å²) in [6.07, 6.45) is 0. The third-order valence-corrected chi connectivity index (χ3v) is 3.47. The fourth-order valence-electron chi connectivity index (χ4n) is 2.35. The van der Waals surface area contributed by atoms with Crippen molar-refractivity contribution >= 4 is 16.9 Å². The first kappa shape index (κ1) is 13.2. The lowest BCUT2D eigenvalue weighted by molar-refractivity contribution is 0.0963. The van der Waals surface area contributed by atoms with Gasteiger partial charge in [-0.1, -0.05) is 24.3 Å². The quantitative estimate of drug-likeness (QED) is 0.768. The Morgan fingerprint density at radius 2 is 1.86 bits per heavy atom. The van der Waals surface area contributed by atoms with Crippen LogP contribution in [0.4, 0.5) is 0 Å². The maximum atomic E-state index is 12.0. The number of amides is 1. The molecule has 0 saturated heterocycles. The van der Waals surface area contributed by atoms with E-state index in [0.29, 0.717) is 12.1 Å². The molecule has 5 heteroatoms. The number of para-hydroxylation sites is 2. The molecular weight excluding hydrogens is 266 g/mol. The molecule has 5 nitrogen and oxygen atoms in total. The molecule has 1 amide bonds. The van der Waals surface area contributed by atoms with Gasteiger partial charge in [0.25, 0.3) is 5.91 Å². The van der Waals surface area contributed by atoms with Crippen molar-refractivity contribution in [1.82, 2.24) is 14.9 Å². The molecule has 0 fully saturated rings. The van der Waals surface area contributed by atoms with Crippen molar-refractivity contribution in [3.8, 4) is 0 Å². The number of carbonyl (C=O) groups is 1. The lowest BCUT2D eigenvalue weighted by Gasteiger charge is -2.05. The zero-order valence-corrected chi connectivity index (χ0v) is 11.6. The maximum Gasteiger partial charge on any atom is 0.326 e. The minimum absolute atomic E-state index is 0.120. The molecule has 1 heterocycles. The van der Waals surface area contributed by atoms with Crippen LogP contribution in [0.1, 0.15) is 15.9 Å². The SMILES string of the molecule is CNC(=O)c1ccc(Cn2c(=O)[nH]c3ccccc32)cc1. The highest BCUT2D eigenvalue weighted by Gasteiger charge is 2.07. The van der Waals surface area contributed by atoms with Crippen LogP contribution in [0.15, 0.2) is 53.3 Å². The van der Waals surface area contributed by atoms with Crippen molar-refractivity contribution in [2.45, 2.75) is 6.54 Å². The number of hydrogen-bond acceptors (Lipinski definition) is 2. The average Bonchev–Trinajstić information content (AvgIpc) is 2.83. The van der Waals surface area contributed by atoms with E-state index in [4.69, 9.17) is 0 Å². The predicted octanol–water partition coefficient (Wildman–Crippen LogP) is 1.74. The van der Waals surface area contributed by atoms with E-state index in [1.165, 1.54) is 0 Å². The Morgan fingerprint density at radius 1 is 1.14 bits per heavy atom. The first-order valence-corrected chi connectivity index (χ1v) is 6.67. The molecule has 0 saturated carbocycles. The van der Waals surface area contributed by atoms with Crippen LogP contribution in [-0.4, -0.2) is 22.5 Å². The summed E-state index contributed by atoms with van der Waals surface area (Å²) in [5.41, 5.74) is 3.14.